The Hall–Kier alpha value is -0.450. The first-order valence-corrected chi connectivity index (χ1v) is 5.85. The molecule has 1 aromatic rings. The van der Waals surface area contributed by atoms with Crippen LogP contribution in [0.2, 0.25) is 0 Å². The molecule has 1 fully saturated rings. The van der Waals surface area contributed by atoms with Crippen molar-refractivity contribution in [2.24, 2.45) is 0 Å². The monoisotopic (exact) mass is 231 g/mol. The summed E-state index contributed by atoms with van der Waals surface area (Å²) in [7, 11) is 0. The Balaban J connectivity index is 2.12. The van der Waals surface area contributed by atoms with Crippen molar-refractivity contribution in [2.45, 2.75) is 12.3 Å². The maximum atomic E-state index is 11.2. The van der Waals surface area contributed by atoms with Gasteiger partial charge in [-0.05, 0) is 6.42 Å². The van der Waals surface area contributed by atoms with E-state index in [1.807, 2.05) is 0 Å². The molecule has 0 aromatic carbocycles. The average Bonchev–Trinajstić information content (AvgIpc) is 2.86. The SMILES string of the molecule is O=C(CCl)c1csc(C2CCOC2)n1. The van der Waals surface area contributed by atoms with E-state index in [1.165, 1.54) is 11.3 Å². The topological polar surface area (TPSA) is 39.2 Å². The smallest absolute Gasteiger partial charge is 0.196 e. The van der Waals surface area contributed by atoms with E-state index in [1.54, 1.807) is 5.38 Å². The second-order valence-electron chi connectivity index (χ2n) is 3.19. The predicted molar refractivity (Wildman–Crippen MR) is 55.3 cm³/mol. The van der Waals surface area contributed by atoms with E-state index in [0.717, 1.165) is 24.6 Å². The molecule has 0 radical (unpaired) electrons. The number of ether oxygens (including phenoxy) is 1. The zero-order valence-corrected chi connectivity index (χ0v) is 9.11. The standard InChI is InChI=1S/C9H10ClNO2S/c10-3-8(12)7-5-14-9(11-7)6-1-2-13-4-6/h5-6H,1-4H2. The predicted octanol–water partition coefficient (Wildman–Crippen LogP) is 2.07. The van der Waals surface area contributed by atoms with Gasteiger partial charge in [0, 0.05) is 17.9 Å². The van der Waals surface area contributed by atoms with Gasteiger partial charge in [0.2, 0.25) is 0 Å². The number of carbonyl (C=O) groups excluding carboxylic acids is 1. The average molecular weight is 232 g/mol. The maximum absolute atomic E-state index is 11.2. The third kappa shape index (κ3) is 1.97. The van der Waals surface area contributed by atoms with Gasteiger partial charge in [-0.25, -0.2) is 4.98 Å². The minimum absolute atomic E-state index is 0.00431. The lowest BCUT2D eigenvalue weighted by molar-refractivity contribution is 0.101. The largest absolute Gasteiger partial charge is 0.381 e. The quantitative estimate of drug-likeness (QED) is 0.591. The molecule has 0 spiro atoms. The van der Waals surface area contributed by atoms with Gasteiger partial charge < -0.3 is 4.74 Å². The highest BCUT2D eigenvalue weighted by atomic mass is 35.5. The lowest BCUT2D eigenvalue weighted by atomic mass is 10.1. The number of rotatable bonds is 3. The number of alkyl halides is 1. The van der Waals surface area contributed by atoms with Crippen LogP contribution in [0.5, 0.6) is 0 Å². The van der Waals surface area contributed by atoms with Crippen molar-refractivity contribution in [2.75, 3.05) is 19.1 Å². The molecule has 0 bridgehead atoms. The van der Waals surface area contributed by atoms with Crippen LogP contribution < -0.4 is 0 Å². The molecule has 1 unspecified atom stereocenters. The van der Waals surface area contributed by atoms with E-state index in [0.29, 0.717) is 11.6 Å². The maximum Gasteiger partial charge on any atom is 0.196 e. The number of halogens is 1. The first kappa shape index (κ1) is 10.1. The summed E-state index contributed by atoms with van der Waals surface area (Å²) >= 11 is 6.97. The molecule has 1 atom stereocenters. The second-order valence-corrected chi connectivity index (χ2v) is 4.35. The van der Waals surface area contributed by atoms with Crippen molar-refractivity contribution in [1.82, 2.24) is 4.98 Å². The molecule has 1 aromatic heterocycles. The molecule has 5 heteroatoms. The van der Waals surface area contributed by atoms with Gasteiger partial charge >= 0.3 is 0 Å². The molecule has 1 saturated heterocycles. The number of hydrogen-bond acceptors (Lipinski definition) is 4. The number of hydrogen-bond donors (Lipinski definition) is 0. The van der Waals surface area contributed by atoms with Gasteiger partial charge in [-0.1, -0.05) is 0 Å². The molecule has 2 rings (SSSR count). The molecule has 1 aliphatic heterocycles. The minimum atomic E-state index is -0.104. The van der Waals surface area contributed by atoms with Crippen LogP contribution in [0, 0.1) is 0 Å². The summed E-state index contributed by atoms with van der Waals surface area (Å²) in [6.07, 6.45) is 1.00. The summed E-state index contributed by atoms with van der Waals surface area (Å²) in [5, 5.41) is 2.77. The van der Waals surface area contributed by atoms with Crippen molar-refractivity contribution in [1.29, 1.82) is 0 Å². The van der Waals surface area contributed by atoms with Gasteiger partial charge in [0.25, 0.3) is 0 Å². The van der Waals surface area contributed by atoms with Crippen molar-refractivity contribution < 1.29 is 9.53 Å². The number of nitrogens with zero attached hydrogens (tertiary/aromatic N) is 1. The first-order chi connectivity index (χ1) is 6.81. The van der Waals surface area contributed by atoms with Crippen molar-refractivity contribution in [3.8, 4) is 0 Å². The van der Waals surface area contributed by atoms with Crippen molar-refractivity contribution in [3.63, 3.8) is 0 Å². The van der Waals surface area contributed by atoms with Crippen molar-refractivity contribution >= 4 is 28.7 Å². The second kappa shape index (κ2) is 4.38. The number of ketones is 1. The lowest BCUT2D eigenvalue weighted by Gasteiger charge is -2.00. The highest BCUT2D eigenvalue weighted by Crippen LogP contribution is 2.27. The van der Waals surface area contributed by atoms with Gasteiger partial charge in [-0.3, -0.25) is 4.79 Å². The zero-order chi connectivity index (χ0) is 9.97. The molecule has 0 aliphatic carbocycles. The van der Waals surface area contributed by atoms with Crippen LogP contribution in [-0.4, -0.2) is 29.9 Å². The molecule has 3 nitrogen and oxygen atoms in total. The van der Waals surface area contributed by atoms with E-state index >= 15 is 0 Å². The Morgan fingerprint density at radius 2 is 2.64 bits per heavy atom. The summed E-state index contributed by atoms with van der Waals surface area (Å²) < 4.78 is 5.26. The summed E-state index contributed by atoms with van der Waals surface area (Å²) in [5.41, 5.74) is 0.493. The fraction of sp³-hybridized carbons (Fsp3) is 0.556. The van der Waals surface area contributed by atoms with Gasteiger partial charge in [-0.15, -0.1) is 22.9 Å². The van der Waals surface area contributed by atoms with Crippen LogP contribution in [-0.2, 0) is 4.74 Å². The molecule has 1 aliphatic rings. The Morgan fingerprint density at radius 3 is 3.29 bits per heavy atom. The molecule has 76 valence electrons. The summed E-state index contributed by atoms with van der Waals surface area (Å²) in [5.74, 6) is 0.273. The highest BCUT2D eigenvalue weighted by molar-refractivity contribution is 7.10. The fourth-order valence-corrected chi connectivity index (χ4v) is 2.48. The van der Waals surface area contributed by atoms with Gasteiger partial charge in [0.05, 0.1) is 17.5 Å². The Bertz CT molecular complexity index is 333. The lowest BCUT2D eigenvalue weighted by Crippen LogP contribution is -2.02. The van der Waals surface area contributed by atoms with E-state index in [2.05, 4.69) is 4.98 Å². The zero-order valence-electron chi connectivity index (χ0n) is 7.53. The van der Waals surface area contributed by atoms with Gasteiger partial charge in [-0.2, -0.15) is 0 Å². The minimum Gasteiger partial charge on any atom is -0.381 e. The molecule has 0 amide bonds. The summed E-state index contributed by atoms with van der Waals surface area (Å²) in [4.78, 5) is 15.5. The van der Waals surface area contributed by atoms with Crippen molar-refractivity contribution in [3.05, 3.63) is 16.1 Å². The molecule has 14 heavy (non-hydrogen) atoms. The highest BCUT2D eigenvalue weighted by Gasteiger charge is 2.21. The molecular weight excluding hydrogens is 222 g/mol. The number of Topliss-reactive ketones (excluding diaryl/α,β-unsaturated/α-hetero) is 1. The van der Waals surface area contributed by atoms with Crippen LogP contribution >= 0.6 is 22.9 Å². The van der Waals surface area contributed by atoms with E-state index in [4.69, 9.17) is 16.3 Å². The molecular formula is C9H10ClNO2S. The Labute approximate surface area is 91.1 Å². The van der Waals surface area contributed by atoms with E-state index < -0.39 is 0 Å². The Morgan fingerprint density at radius 1 is 1.79 bits per heavy atom. The molecule has 0 saturated carbocycles. The van der Waals surface area contributed by atoms with Crippen LogP contribution in [0.3, 0.4) is 0 Å². The number of thiazole rings is 1. The molecule has 2 heterocycles. The van der Waals surface area contributed by atoms with E-state index in [-0.39, 0.29) is 11.7 Å². The summed E-state index contributed by atoms with van der Waals surface area (Å²) in [6.45, 7) is 1.52. The van der Waals surface area contributed by atoms with Crippen LogP contribution in [0.1, 0.15) is 27.8 Å². The summed E-state index contributed by atoms with van der Waals surface area (Å²) in [6, 6.07) is 0. The van der Waals surface area contributed by atoms with Gasteiger partial charge in [0.15, 0.2) is 5.78 Å². The molecule has 0 N–H and O–H groups in total. The normalized spacial score (nSPS) is 21.4. The first-order valence-electron chi connectivity index (χ1n) is 4.43. The van der Waals surface area contributed by atoms with Crippen LogP contribution in [0.15, 0.2) is 5.38 Å². The van der Waals surface area contributed by atoms with Crippen LogP contribution in [0.25, 0.3) is 0 Å². The fourth-order valence-electron chi connectivity index (χ4n) is 1.40. The number of carbonyl (C=O) groups is 1. The third-order valence-electron chi connectivity index (χ3n) is 2.21. The van der Waals surface area contributed by atoms with Gasteiger partial charge in [0.1, 0.15) is 5.69 Å². The van der Waals surface area contributed by atoms with Crippen LogP contribution in [0.4, 0.5) is 0 Å². The third-order valence-corrected chi connectivity index (χ3v) is 3.46. The Kier molecular flexibility index (Phi) is 3.15. The number of aromatic nitrogens is 1. The van der Waals surface area contributed by atoms with E-state index in [9.17, 15) is 4.79 Å².